The minimum atomic E-state index is -0.213. The van der Waals surface area contributed by atoms with E-state index in [0.717, 1.165) is 12.8 Å². The largest absolute Gasteiger partial charge is 0.376 e. The number of H-pyrrole nitrogens is 1. The Bertz CT molecular complexity index is 840. The topological polar surface area (TPSA) is 83.0 Å². The van der Waals surface area contributed by atoms with Crippen LogP contribution in [0.25, 0.3) is 11.5 Å². The highest BCUT2D eigenvalue weighted by Crippen LogP contribution is 2.23. The molecule has 1 fully saturated rings. The monoisotopic (exact) mass is 359 g/mol. The molecule has 0 aromatic carbocycles. The lowest BCUT2D eigenvalue weighted by atomic mass is 9.95. The Morgan fingerprint density at radius 2 is 2.12 bits per heavy atom. The number of hydrogen-bond acceptors (Lipinski definition) is 5. The maximum atomic E-state index is 12.7. The van der Waals surface area contributed by atoms with Crippen LogP contribution >= 0.6 is 11.6 Å². The maximum Gasteiger partial charge on any atom is 0.275 e. The van der Waals surface area contributed by atoms with Crippen molar-refractivity contribution in [3.8, 4) is 11.5 Å². The molecule has 1 saturated carbocycles. The van der Waals surface area contributed by atoms with E-state index in [9.17, 15) is 4.79 Å². The first kappa shape index (κ1) is 17.6. The predicted molar refractivity (Wildman–Crippen MR) is 102 cm³/mol. The Morgan fingerprint density at radius 3 is 2.80 bits per heavy atom. The molecular weight excluding hydrogens is 338 g/mol. The molecular formula is C18H22ClN5O. The number of pyridine rings is 1. The molecule has 1 aliphatic carbocycles. The van der Waals surface area contributed by atoms with E-state index in [0.29, 0.717) is 39.7 Å². The lowest BCUT2D eigenvalue weighted by Crippen LogP contribution is -2.29. The van der Waals surface area contributed by atoms with Gasteiger partial charge in [-0.15, -0.1) is 0 Å². The fourth-order valence-electron chi connectivity index (χ4n) is 3.08. The third kappa shape index (κ3) is 4.07. The van der Waals surface area contributed by atoms with Gasteiger partial charge in [0, 0.05) is 24.3 Å². The van der Waals surface area contributed by atoms with Gasteiger partial charge in [-0.1, -0.05) is 30.9 Å². The Balaban J connectivity index is 2.04. The van der Waals surface area contributed by atoms with E-state index in [1.54, 1.807) is 25.4 Å². The normalized spacial score (nSPS) is 16.0. The minimum Gasteiger partial charge on any atom is -0.376 e. The van der Waals surface area contributed by atoms with Crippen LogP contribution in [0, 0.1) is 0 Å². The summed E-state index contributed by atoms with van der Waals surface area (Å²) in [5.74, 6) is 0.389. The molecule has 2 aromatic heterocycles. The van der Waals surface area contributed by atoms with Gasteiger partial charge in [0.1, 0.15) is 17.1 Å². The summed E-state index contributed by atoms with van der Waals surface area (Å²) in [6, 6.07) is 3.66. The third-order valence-corrected chi connectivity index (χ3v) is 4.75. The first-order chi connectivity index (χ1) is 12.1. The van der Waals surface area contributed by atoms with Crippen LogP contribution < -0.4 is 10.9 Å². The Labute approximate surface area is 151 Å². The lowest BCUT2D eigenvalue weighted by molar-refractivity contribution is 0.462. The molecule has 0 radical (unpaired) electrons. The number of aromatic amines is 1. The Hall–Kier alpha value is -2.21. The van der Waals surface area contributed by atoms with Crippen LogP contribution in [0.2, 0.25) is 5.02 Å². The molecule has 2 N–H and O–H groups in total. The molecule has 1 aliphatic rings. The molecule has 6 nitrogen and oxygen atoms in total. The number of anilines is 1. The van der Waals surface area contributed by atoms with Gasteiger partial charge in [0.05, 0.1) is 5.71 Å². The zero-order valence-corrected chi connectivity index (χ0v) is 15.2. The van der Waals surface area contributed by atoms with Crippen molar-refractivity contribution < 1.29 is 0 Å². The molecule has 0 saturated heterocycles. The SMILES string of the molecule is CN=C(C)c1nc(-c2cc(Cl)ccn2)[nH]c(=O)c1NC1CCCCC1. The fourth-order valence-corrected chi connectivity index (χ4v) is 3.24. The van der Waals surface area contributed by atoms with Crippen molar-refractivity contribution in [2.24, 2.45) is 4.99 Å². The van der Waals surface area contributed by atoms with Gasteiger partial charge in [0.25, 0.3) is 5.56 Å². The predicted octanol–water partition coefficient (Wildman–Crippen LogP) is 3.67. The molecule has 0 spiro atoms. The molecule has 0 unspecified atom stereocenters. The summed E-state index contributed by atoms with van der Waals surface area (Å²) in [4.78, 5) is 28.6. The summed E-state index contributed by atoms with van der Waals surface area (Å²) in [6.07, 6.45) is 7.35. The second kappa shape index (κ2) is 7.78. The van der Waals surface area contributed by atoms with Gasteiger partial charge in [0.2, 0.25) is 0 Å². The van der Waals surface area contributed by atoms with E-state index in [1.165, 1.54) is 19.3 Å². The van der Waals surface area contributed by atoms with E-state index < -0.39 is 0 Å². The first-order valence-electron chi connectivity index (χ1n) is 8.55. The van der Waals surface area contributed by atoms with Crippen molar-refractivity contribution in [1.82, 2.24) is 15.0 Å². The highest BCUT2D eigenvalue weighted by molar-refractivity contribution is 6.30. The molecule has 0 atom stereocenters. The first-order valence-corrected chi connectivity index (χ1v) is 8.93. The van der Waals surface area contributed by atoms with Gasteiger partial charge in [-0.05, 0) is 31.9 Å². The van der Waals surface area contributed by atoms with E-state index in [4.69, 9.17) is 11.6 Å². The number of hydrogen-bond donors (Lipinski definition) is 2. The molecule has 7 heteroatoms. The summed E-state index contributed by atoms with van der Waals surface area (Å²) >= 11 is 6.03. The molecule has 0 bridgehead atoms. The zero-order valence-electron chi connectivity index (χ0n) is 14.5. The summed E-state index contributed by atoms with van der Waals surface area (Å²) in [6.45, 7) is 1.85. The van der Waals surface area contributed by atoms with Crippen molar-refractivity contribution in [1.29, 1.82) is 0 Å². The van der Waals surface area contributed by atoms with Gasteiger partial charge >= 0.3 is 0 Å². The van der Waals surface area contributed by atoms with Crippen LogP contribution in [0.3, 0.4) is 0 Å². The molecule has 0 aliphatic heterocycles. The number of nitrogens with one attached hydrogen (secondary N) is 2. The van der Waals surface area contributed by atoms with Crippen LogP contribution in [-0.4, -0.2) is 33.8 Å². The average molecular weight is 360 g/mol. The standard InChI is InChI=1S/C18H22ClN5O/c1-11(20-2)15-16(22-13-6-4-3-5-7-13)18(25)24-17(23-15)14-10-12(19)8-9-21-14/h8-10,13,22H,3-7H2,1-2H3,(H,23,24,25). The maximum absolute atomic E-state index is 12.7. The Kier molecular flexibility index (Phi) is 5.48. The Morgan fingerprint density at radius 1 is 1.36 bits per heavy atom. The number of halogens is 1. The molecule has 0 amide bonds. The smallest absolute Gasteiger partial charge is 0.275 e. The number of aliphatic imine (C=N–C) groups is 1. The molecule has 2 heterocycles. The highest BCUT2D eigenvalue weighted by Gasteiger charge is 2.20. The fraction of sp³-hybridized carbons (Fsp3) is 0.444. The van der Waals surface area contributed by atoms with E-state index >= 15 is 0 Å². The number of nitrogens with zero attached hydrogens (tertiary/aromatic N) is 3. The molecule has 3 rings (SSSR count). The quantitative estimate of drug-likeness (QED) is 0.816. The van der Waals surface area contributed by atoms with E-state index in [-0.39, 0.29) is 5.56 Å². The number of rotatable bonds is 4. The van der Waals surface area contributed by atoms with Gasteiger partial charge in [0.15, 0.2) is 5.82 Å². The van der Waals surface area contributed by atoms with Crippen LogP contribution in [0.15, 0.2) is 28.1 Å². The van der Waals surface area contributed by atoms with E-state index in [2.05, 4.69) is 25.3 Å². The molecule has 132 valence electrons. The lowest BCUT2D eigenvalue weighted by Gasteiger charge is -2.24. The average Bonchev–Trinajstić information content (AvgIpc) is 2.63. The van der Waals surface area contributed by atoms with Crippen molar-refractivity contribution in [3.63, 3.8) is 0 Å². The van der Waals surface area contributed by atoms with Gasteiger partial charge < -0.3 is 10.3 Å². The van der Waals surface area contributed by atoms with Crippen LogP contribution in [-0.2, 0) is 0 Å². The van der Waals surface area contributed by atoms with Gasteiger partial charge in [-0.3, -0.25) is 14.8 Å². The van der Waals surface area contributed by atoms with Crippen molar-refractivity contribution in [3.05, 3.63) is 39.4 Å². The molecule has 2 aromatic rings. The van der Waals surface area contributed by atoms with Crippen LogP contribution in [0.1, 0.15) is 44.7 Å². The summed E-state index contributed by atoms with van der Waals surface area (Å²) in [5.41, 5.74) is 2.07. The minimum absolute atomic E-state index is 0.213. The second-order valence-electron chi connectivity index (χ2n) is 6.29. The number of aromatic nitrogens is 3. The van der Waals surface area contributed by atoms with Gasteiger partial charge in [-0.25, -0.2) is 4.98 Å². The van der Waals surface area contributed by atoms with Crippen LogP contribution in [0.4, 0.5) is 5.69 Å². The third-order valence-electron chi connectivity index (χ3n) is 4.52. The summed E-state index contributed by atoms with van der Waals surface area (Å²) in [7, 11) is 1.69. The zero-order chi connectivity index (χ0) is 17.8. The molecule has 25 heavy (non-hydrogen) atoms. The van der Waals surface area contributed by atoms with E-state index in [1.807, 2.05) is 6.92 Å². The van der Waals surface area contributed by atoms with Crippen molar-refractivity contribution in [2.45, 2.75) is 45.1 Å². The second-order valence-corrected chi connectivity index (χ2v) is 6.72. The van der Waals surface area contributed by atoms with Gasteiger partial charge in [-0.2, -0.15) is 0 Å². The summed E-state index contributed by atoms with van der Waals surface area (Å²) < 4.78 is 0. The van der Waals surface area contributed by atoms with Crippen molar-refractivity contribution >= 4 is 23.0 Å². The van der Waals surface area contributed by atoms with Crippen molar-refractivity contribution in [2.75, 3.05) is 12.4 Å². The van der Waals surface area contributed by atoms with Crippen LogP contribution in [0.5, 0.6) is 0 Å². The summed E-state index contributed by atoms with van der Waals surface area (Å²) in [5, 5.41) is 3.93. The highest BCUT2D eigenvalue weighted by atomic mass is 35.5.